The van der Waals surface area contributed by atoms with Crippen LogP contribution in [-0.2, 0) is 27.4 Å². The number of amidine groups is 1. The average Bonchev–Trinajstić information content (AvgIpc) is 3.38. The van der Waals surface area contributed by atoms with Gasteiger partial charge in [0.05, 0.1) is 13.2 Å². The van der Waals surface area contributed by atoms with E-state index in [0.29, 0.717) is 42.4 Å². The van der Waals surface area contributed by atoms with Crippen molar-refractivity contribution in [2.24, 2.45) is 10.7 Å². The Morgan fingerprint density at radius 3 is 2.86 bits per heavy atom. The van der Waals surface area contributed by atoms with Crippen molar-refractivity contribution >= 4 is 34.9 Å². The van der Waals surface area contributed by atoms with Gasteiger partial charge in [0.1, 0.15) is 5.84 Å². The van der Waals surface area contributed by atoms with Crippen molar-refractivity contribution in [3.8, 4) is 0 Å². The number of nitrogens with one attached hydrogen (secondary N) is 1. The number of ether oxygens (including phenoxy) is 1. The van der Waals surface area contributed by atoms with Gasteiger partial charge in [0.25, 0.3) is 17.7 Å². The van der Waals surface area contributed by atoms with Crippen molar-refractivity contribution in [2.75, 3.05) is 29.9 Å². The van der Waals surface area contributed by atoms with Crippen molar-refractivity contribution in [1.82, 2.24) is 4.90 Å². The molecule has 0 aromatic heterocycles. The van der Waals surface area contributed by atoms with Crippen LogP contribution in [0.3, 0.4) is 0 Å². The smallest absolute Gasteiger partial charge is 0.259 e. The maximum Gasteiger partial charge on any atom is 0.259 e. The predicted octanol–water partition coefficient (Wildman–Crippen LogP) is 1.00. The van der Waals surface area contributed by atoms with Gasteiger partial charge < -0.3 is 30.7 Å². The minimum atomic E-state index is -1.71. The number of anilines is 2. The first-order valence-electron chi connectivity index (χ1n) is 11.6. The quantitative estimate of drug-likeness (QED) is 0.568. The van der Waals surface area contributed by atoms with Crippen LogP contribution in [0.2, 0.25) is 0 Å². The van der Waals surface area contributed by atoms with Gasteiger partial charge in [-0.25, -0.2) is 0 Å². The predicted molar refractivity (Wildman–Crippen MR) is 129 cm³/mol. The Balaban J connectivity index is 1.29. The lowest BCUT2D eigenvalue weighted by Crippen LogP contribution is -2.55. The van der Waals surface area contributed by atoms with Gasteiger partial charge >= 0.3 is 0 Å². The van der Waals surface area contributed by atoms with Crippen LogP contribution in [0, 0.1) is 0 Å². The lowest BCUT2D eigenvalue weighted by molar-refractivity contribution is -0.150. The second-order valence-electron chi connectivity index (χ2n) is 8.86. The third-order valence-electron chi connectivity index (χ3n) is 6.52. The molecule has 2 aromatic rings. The van der Waals surface area contributed by atoms with E-state index < -0.39 is 24.0 Å². The van der Waals surface area contributed by atoms with Crippen molar-refractivity contribution in [1.29, 1.82) is 0 Å². The monoisotopic (exact) mass is 477 g/mol. The molecule has 182 valence electrons. The van der Waals surface area contributed by atoms with Crippen LogP contribution in [0.25, 0.3) is 0 Å². The van der Waals surface area contributed by atoms with Gasteiger partial charge in [-0.2, -0.15) is 0 Å². The standard InChI is InChI=1S/C25H27N5O5/c1-2-7-29-13-14-3-5-17(11-19(14)24(29)33)30-8-9-35-21(25(30)34)20(31)23(32)28-16-4-6-18-15(10-16)12-27-22(18)26/h3-6,10-11,20-21,31H,2,7-9,12-13H2,1H3,(H2,26,27)(H,28,32)/t20?,21-/m1/s1. The Labute approximate surface area is 202 Å². The van der Waals surface area contributed by atoms with Gasteiger partial charge in [0.15, 0.2) is 12.2 Å². The second kappa shape index (κ2) is 9.12. The summed E-state index contributed by atoms with van der Waals surface area (Å²) in [6.45, 7) is 4.07. The van der Waals surface area contributed by atoms with Crippen LogP contribution in [0.4, 0.5) is 11.4 Å². The summed E-state index contributed by atoms with van der Waals surface area (Å²) in [5, 5.41) is 13.3. The van der Waals surface area contributed by atoms with E-state index in [-0.39, 0.29) is 19.1 Å². The highest BCUT2D eigenvalue weighted by atomic mass is 16.5. The van der Waals surface area contributed by atoms with Crippen molar-refractivity contribution in [3.05, 3.63) is 58.7 Å². The zero-order valence-corrected chi connectivity index (χ0v) is 19.4. The second-order valence-corrected chi connectivity index (χ2v) is 8.86. The Morgan fingerprint density at radius 2 is 2.06 bits per heavy atom. The Kier molecular flexibility index (Phi) is 6.00. The number of amides is 3. The molecule has 0 spiro atoms. The molecule has 10 heteroatoms. The first-order valence-corrected chi connectivity index (χ1v) is 11.6. The van der Waals surface area contributed by atoms with E-state index in [9.17, 15) is 19.5 Å². The zero-order chi connectivity index (χ0) is 24.7. The third kappa shape index (κ3) is 4.15. The molecule has 1 saturated heterocycles. The van der Waals surface area contributed by atoms with Crippen LogP contribution < -0.4 is 16.0 Å². The number of morpholine rings is 1. The van der Waals surface area contributed by atoms with Gasteiger partial charge in [-0.3, -0.25) is 19.4 Å². The lowest BCUT2D eigenvalue weighted by Gasteiger charge is -2.34. The molecule has 4 N–H and O–H groups in total. The minimum absolute atomic E-state index is 0.0538. The number of nitrogens with two attached hydrogens (primary N) is 1. The SMILES string of the molecule is CCCN1Cc2ccc(N3CCO[C@H](C(O)C(=O)Nc4ccc5c(c4)CN=C5N)C3=O)cc2C1=O. The number of aliphatic imine (C=N–C) groups is 1. The Hall–Kier alpha value is -3.76. The number of aliphatic hydroxyl groups excluding tert-OH is 1. The van der Waals surface area contributed by atoms with E-state index in [1.54, 1.807) is 35.2 Å². The topological polar surface area (TPSA) is 138 Å². The molecule has 3 aliphatic heterocycles. The van der Waals surface area contributed by atoms with E-state index in [2.05, 4.69) is 10.3 Å². The first kappa shape index (κ1) is 23.0. The summed E-state index contributed by atoms with van der Waals surface area (Å²) in [7, 11) is 0. The van der Waals surface area contributed by atoms with Crippen LogP contribution in [-0.4, -0.2) is 65.5 Å². The molecule has 3 heterocycles. The maximum absolute atomic E-state index is 13.2. The molecule has 2 atom stereocenters. The van der Waals surface area contributed by atoms with Crippen LogP contribution in [0.15, 0.2) is 41.4 Å². The van der Waals surface area contributed by atoms with E-state index >= 15 is 0 Å². The molecule has 2 aromatic carbocycles. The van der Waals surface area contributed by atoms with Gasteiger partial charge in [-0.1, -0.05) is 13.0 Å². The fourth-order valence-electron chi connectivity index (χ4n) is 4.72. The maximum atomic E-state index is 13.2. The third-order valence-corrected chi connectivity index (χ3v) is 6.52. The van der Waals surface area contributed by atoms with Gasteiger partial charge in [0.2, 0.25) is 0 Å². The zero-order valence-electron chi connectivity index (χ0n) is 19.4. The van der Waals surface area contributed by atoms with Crippen molar-refractivity contribution < 1.29 is 24.2 Å². The summed E-state index contributed by atoms with van der Waals surface area (Å²) in [4.78, 5) is 46.1. The summed E-state index contributed by atoms with van der Waals surface area (Å²) in [6.07, 6.45) is -2.21. The van der Waals surface area contributed by atoms with E-state index in [0.717, 1.165) is 23.1 Å². The summed E-state index contributed by atoms with van der Waals surface area (Å²) in [5.74, 6) is -0.895. The van der Waals surface area contributed by atoms with Gasteiger partial charge in [-0.15, -0.1) is 0 Å². The lowest BCUT2D eigenvalue weighted by atomic mass is 10.1. The molecular weight excluding hydrogens is 450 g/mol. The van der Waals surface area contributed by atoms with Crippen LogP contribution in [0.5, 0.6) is 0 Å². The van der Waals surface area contributed by atoms with E-state index in [1.165, 1.54) is 4.90 Å². The highest BCUT2D eigenvalue weighted by Crippen LogP contribution is 2.29. The normalized spacial score (nSPS) is 19.9. The number of fused-ring (bicyclic) bond motifs is 2. The largest absolute Gasteiger partial charge is 0.383 e. The molecule has 0 bridgehead atoms. The number of nitrogens with zero attached hydrogens (tertiary/aromatic N) is 3. The van der Waals surface area contributed by atoms with Crippen LogP contribution >= 0.6 is 0 Å². The van der Waals surface area contributed by atoms with Crippen molar-refractivity contribution in [2.45, 2.75) is 38.6 Å². The molecule has 0 saturated carbocycles. The number of rotatable bonds is 6. The molecule has 3 amide bonds. The highest BCUT2D eigenvalue weighted by Gasteiger charge is 2.40. The Morgan fingerprint density at radius 1 is 1.23 bits per heavy atom. The molecule has 3 aliphatic rings. The summed E-state index contributed by atoms with van der Waals surface area (Å²) in [5.41, 5.74) is 10.0. The van der Waals surface area contributed by atoms with Gasteiger partial charge in [0, 0.05) is 42.1 Å². The summed E-state index contributed by atoms with van der Waals surface area (Å²) < 4.78 is 5.50. The average molecular weight is 478 g/mol. The fraction of sp³-hybridized carbons (Fsp3) is 0.360. The molecule has 10 nitrogen and oxygen atoms in total. The Bertz CT molecular complexity index is 1240. The van der Waals surface area contributed by atoms with Crippen molar-refractivity contribution in [3.63, 3.8) is 0 Å². The first-order chi connectivity index (χ1) is 16.9. The number of carbonyl (C=O) groups is 3. The van der Waals surface area contributed by atoms with Crippen LogP contribution in [0.1, 0.15) is 40.4 Å². The molecule has 1 fully saturated rings. The molecule has 1 unspecified atom stereocenters. The number of hydrogen-bond donors (Lipinski definition) is 3. The number of hydrogen-bond acceptors (Lipinski definition) is 7. The number of aliphatic hydroxyl groups is 1. The molecule has 0 radical (unpaired) electrons. The summed E-state index contributed by atoms with van der Waals surface area (Å²) in [6, 6.07) is 10.5. The van der Waals surface area contributed by atoms with E-state index in [4.69, 9.17) is 10.5 Å². The number of benzene rings is 2. The minimum Gasteiger partial charge on any atom is -0.383 e. The number of carbonyl (C=O) groups excluding carboxylic acids is 3. The van der Waals surface area contributed by atoms with Gasteiger partial charge in [-0.05, 0) is 47.9 Å². The van der Waals surface area contributed by atoms with E-state index in [1.807, 2.05) is 13.0 Å². The molecule has 35 heavy (non-hydrogen) atoms. The molecule has 0 aliphatic carbocycles. The highest BCUT2D eigenvalue weighted by molar-refractivity contribution is 6.06. The molecule has 5 rings (SSSR count). The summed E-state index contributed by atoms with van der Waals surface area (Å²) >= 11 is 0. The molecular formula is C25H27N5O5. The fourth-order valence-corrected chi connectivity index (χ4v) is 4.72.